The van der Waals surface area contributed by atoms with Crippen LogP contribution in [0.1, 0.15) is 0 Å². The van der Waals surface area contributed by atoms with Crippen LogP contribution in [0.15, 0.2) is 0 Å². The van der Waals surface area contributed by atoms with Gasteiger partial charge in [-0.25, -0.2) is 0 Å². The molecule has 0 saturated carbocycles. The second kappa shape index (κ2) is 20.8. The molecule has 4 saturated heterocycles. The second-order valence-corrected chi connectivity index (χ2v) is 13.6. The van der Waals surface area contributed by atoms with E-state index in [1.165, 1.54) is 0 Å². The van der Waals surface area contributed by atoms with E-state index in [9.17, 15) is 91.6 Å². The predicted octanol–water partition coefficient (Wildman–Crippen LogP) is -12.1. The number of carbonyl (C=O) groups is 1. The quantitative estimate of drug-likeness (QED) is 0.0605. The zero-order valence-electron chi connectivity index (χ0n) is 29.2. The third kappa shape index (κ3) is 9.99. The Morgan fingerprint density at radius 3 is 1.16 bits per heavy atom. The summed E-state index contributed by atoms with van der Waals surface area (Å²) in [7, 11) is 0. The fraction of sp³-hybridized carbons (Fsp3) is 0.967. The summed E-state index contributed by atoms with van der Waals surface area (Å²) in [4.78, 5) is 11.0. The van der Waals surface area contributed by atoms with Gasteiger partial charge in [-0.15, -0.1) is 0 Å². The van der Waals surface area contributed by atoms with Crippen LogP contribution in [0.4, 0.5) is 0 Å². The molecule has 0 aromatic heterocycles. The Labute approximate surface area is 316 Å². The molecule has 0 aromatic carbocycles. The Kier molecular flexibility index (Phi) is 17.6. The Morgan fingerprint density at radius 2 is 0.804 bits per heavy atom. The number of rotatable bonds is 17. The molecule has 328 valence electrons. The maximum atomic E-state index is 11.1. The van der Waals surface area contributed by atoms with E-state index in [0.29, 0.717) is 0 Å². The Balaban J connectivity index is 1.43. The summed E-state index contributed by atoms with van der Waals surface area (Å²) < 4.78 is 43.6. The van der Waals surface area contributed by atoms with Gasteiger partial charge in [0.25, 0.3) is 0 Å². The topological polar surface area (TPSA) is 435 Å². The van der Waals surface area contributed by atoms with Gasteiger partial charge in [-0.3, -0.25) is 0 Å². The van der Waals surface area contributed by atoms with Crippen molar-refractivity contribution in [3.8, 4) is 0 Å². The number of ether oxygens (including phenoxy) is 8. The largest absolute Gasteiger partial charge is 0.394 e. The molecule has 26 nitrogen and oxygen atoms in total. The van der Waals surface area contributed by atoms with Crippen molar-refractivity contribution in [1.29, 1.82) is 0 Å². The van der Waals surface area contributed by atoms with Gasteiger partial charge in [-0.1, -0.05) is 0 Å². The van der Waals surface area contributed by atoms with Crippen LogP contribution in [-0.4, -0.2) is 273 Å². The molecule has 4 heterocycles. The molecule has 0 bridgehead atoms. The molecular formula is C30H52O26. The minimum absolute atomic E-state index is 0.112. The van der Waals surface area contributed by atoms with E-state index in [2.05, 4.69) is 0 Å². The van der Waals surface area contributed by atoms with Crippen LogP contribution in [-0.2, 0) is 42.7 Å². The number of aldehydes is 1. The molecular weight excluding hydrogens is 776 g/mol. The molecule has 0 aliphatic carbocycles. The molecule has 0 spiro atoms. The summed E-state index contributed by atoms with van der Waals surface area (Å²) in [5, 5.41) is 175. The molecule has 0 radical (unpaired) electrons. The zero-order chi connectivity index (χ0) is 41.8. The Hall–Kier alpha value is -1.33. The maximum Gasteiger partial charge on any atom is 0.187 e. The van der Waals surface area contributed by atoms with Gasteiger partial charge in [0, 0.05) is 0 Å². The van der Waals surface area contributed by atoms with Crippen LogP contribution in [0.3, 0.4) is 0 Å². The smallest absolute Gasteiger partial charge is 0.187 e. The fourth-order valence-corrected chi connectivity index (χ4v) is 6.58. The normalized spacial score (nSPS) is 47.2. The molecule has 4 rings (SSSR count). The highest BCUT2D eigenvalue weighted by Gasteiger charge is 2.55. The molecule has 24 atom stereocenters. The SMILES string of the molecule is O=CC(O)C(O)C(OC1OC(CO)C(OC2OC(CO)C(OC3OC(CO)C(OC4OC(CO)C(O)C(O)C4O)C(O)C3O)C(O)C2O)C(O)C1O)C(O)CO. The first-order valence-electron chi connectivity index (χ1n) is 17.4. The minimum Gasteiger partial charge on any atom is -0.394 e. The molecule has 4 aliphatic rings. The zero-order valence-corrected chi connectivity index (χ0v) is 29.2. The first-order chi connectivity index (χ1) is 26.5. The van der Waals surface area contributed by atoms with Crippen molar-refractivity contribution in [2.24, 2.45) is 0 Å². The molecule has 17 N–H and O–H groups in total. The summed E-state index contributed by atoms with van der Waals surface area (Å²) in [6.07, 6.45) is -46.1. The first-order valence-corrected chi connectivity index (χ1v) is 17.4. The van der Waals surface area contributed by atoms with Crippen molar-refractivity contribution in [3.05, 3.63) is 0 Å². The lowest BCUT2D eigenvalue weighted by Gasteiger charge is -2.49. The monoisotopic (exact) mass is 828 g/mol. The molecule has 0 amide bonds. The number of hydrogen-bond acceptors (Lipinski definition) is 26. The van der Waals surface area contributed by atoms with Crippen LogP contribution >= 0.6 is 0 Å². The molecule has 26 heteroatoms. The number of carbonyl (C=O) groups excluding carboxylic acids is 1. The predicted molar refractivity (Wildman–Crippen MR) is 168 cm³/mol. The number of aliphatic hydroxyl groups excluding tert-OH is 17. The summed E-state index contributed by atoms with van der Waals surface area (Å²) in [5.74, 6) is 0. The molecule has 24 unspecified atom stereocenters. The molecule has 4 aliphatic heterocycles. The van der Waals surface area contributed by atoms with E-state index in [1.54, 1.807) is 0 Å². The van der Waals surface area contributed by atoms with Gasteiger partial charge in [0.05, 0.1) is 33.0 Å². The Bertz CT molecular complexity index is 1180. The van der Waals surface area contributed by atoms with Gasteiger partial charge >= 0.3 is 0 Å². The highest BCUT2D eigenvalue weighted by Crippen LogP contribution is 2.34. The van der Waals surface area contributed by atoms with Crippen LogP contribution in [0.2, 0.25) is 0 Å². The van der Waals surface area contributed by atoms with E-state index >= 15 is 0 Å². The lowest BCUT2D eigenvalue weighted by Crippen LogP contribution is -2.67. The van der Waals surface area contributed by atoms with Gasteiger partial charge in [0.15, 0.2) is 31.4 Å². The van der Waals surface area contributed by atoms with E-state index in [1.807, 2.05) is 0 Å². The molecule has 0 aromatic rings. The lowest BCUT2D eigenvalue weighted by molar-refractivity contribution is -0.390. The average Bonchev–Trinajstić information content (AvgIpc) is 3.20. The first kappa shape index (κ1) is 47.3. The van der Waals surface area contributed by atoms with Crippen molar-refractivity contribution >= 4 is 6.29 Å². The van der Waals surface area contributed by atoms with Crippen LogP contribution < -0.4 is 0 Å². The summed E-state index contributed by atoms with van der Waals surface area (Å²) in [5.41, 5.74) is 0. The third-order valence-electron chi connectivity index (χ3n) is 9.87. The van der Waals surface area contributed by atoms with Crippen molar-refractivity contribution < 1.29 is 130 Å². The van der Waals surface area contributed by atoms with Gasteiger partial charge in [0.2, 0.25) is 0 Å². The van der Waals surface area contributed by atoms with E-state index in [4.69, 9.17) is 37.9 Å². The van der Waals surface area contributed by atoms with Crippen LogP contribution in [0.5, 0.6) is 0 Å². The van der Waals surface area contributed by atoms with Gasteiger partial charge < -0.3 is 130 Å². The highest BCUT2D eigenvalue weighted by atomic mass is 16.8. The van der Waals surface area contributed by atoms with E-state index in [0.717, 1.165) is 0 Å². The second-order valence-electron chi connectivity index (χ2n) is 13.6. The van der Waals surface area contributed by atoms with E-state index < -0.39 is 180 Å². The minimum atomic E-state index is -2.17. The van der Waals surface area contributed by atoms with Crippen molar-refractivity contribution in [1.82, 2.24) is 0 Å². The standard InChI is InChI=1S/C30H52O26/c31-1-7(37)13(39)23(8(38)2-32)53-28-20(46)16(42)25(10(4-34)50-28)55-30-22(48)18(44)26(12(6-36)52-30)56-29-21(47)17(43)24(11(5-35)51-29)54-27-19(45)15(41)14(40)9(3-33)49-27/h1,7-30,32-48H,2-6H2. The van der Waals surface area contributed by atoms with Crippen LogP contribution in [0, 0.1) is 0 Å². The van der Waals surface area contributed by atoms with E-state index in [-0.39, 0.29) is 6.29 Å². The average molecular weight is 829 g/mol. The fourth-order valence-electron chi connectivity index (χ4n) is 6.58. The highest BCUT2D eigenvalue weighted by molar-refractivity contribution is 5.56. The third-order valence-corrected chi connectivity index (χ3v) is 9.87. The summed E-state index contributed by atoms with van der Waals surface area (Å²) >= 11 is 0. The summed E-state index contributed by atoms with van der Waals surface area (Å²) in [6, 6.07) is 0. The molecule has 56 heavy (non-hydrogen) atoms. The van der Waals surface area contributed by atoms with Crippen molar-refractivity contribution in [2.75, 3.05) is 33.0 Å². The Morgan fingerprint density at radius 1 is 0.464 bits per heavy atom. The lowest BCUT2D eigenvalue weighted by atomic mass is 9.95. The van der Waals surface area contributed by atoms with Gasteiger partial charge in [0.1, 0.15) is 122 Å². The molecule has 4 fully saturated rings. The van der Waals surface area contributed by atoms with Crippen LogP contribution in [0.25, 0.3) is 0 Å². The maximum absolute atomic E-state index is 11.1. The number of hydrogen-bond donors (Lipinski definition) is 17. The summed E-state index contributed by atoms with van der Waals surface area (Å²) in [6.45, 7) is -4.84. The number of aliphatic hydroxyl groups is 17. The van der Waals surface area contributed by atoms with Gasteiger partial charge in [-0.2, -0.15) is 0 Å². The van der Waals surface area contributed by atoms with Crippen molar-refractivity contribution in [2.45, 2.75) is 147 Å². The van der Waals surface area contributed by atoms with Crippen molar-refractivity contribution in [3.63, 3.8) is 0 Å². The van der Waals surface area contributed by atoms with Gasteiger partial charge in [-0.05, 0) is 0 Å².